The number of fused-ring (bicyclic) bond motifs is 1. The maximum Gasteiger partial charge on any atom is 0.250 e. The summed E-state index contributed by atoms with van der Waals surface area (Å²) in [4.78, 5) is 6.73. The van der Waals surface area contributed by atoms with Crippen LogP contribution in [0, 0.1) is 0 Å². The van der Waals surface area contributed by atoms with Gasteiger partial charge < -0.3 is 0 Å². The Labute approximate surface area is 130 Å². The van der Waals surface area contributed by atoms with Crippen LogP contribution in [0.1, 0.15) is 43.9 Å². The quantitative estimate of drug-likeness (QED) is 0.824. The third-order valence-corrected chi connectivity index (χ3v) is 4.44. The zero-order valence-electron chi connectivity index (χ0n) is 13.1. The van der Waals surface area contributed by atoms with Crippen molar-refractivity contribution in [2.75, 3.05) is 13.1 Å². The molecule has 0 saturated carbocycles. The standard InChI is InChI=1S/C18H22F2N2/c1-13(2)17-16-6-4-3-5-15(16)14(11-21-17)12-22-9-7-18(19,20)8-10-22/h3-6,11,13H,7-10,12H2,1-2H3. The van der Waals surface area contributed by atoms with Crippen LogP contribution in [0.2, 0.25) is 0 Å². The highest BCUT2D eigenvalue weighted by Gasteiger charge is 2.33. The zero-order chi connectivity index (χ0) is 15.7. The van der Waals surface area contributed by atoms with E-state index in [9.17, 15) is 8.78 Å². The van der Waals surface area contributed by atoms with Crippen LogP contribution in [0.15, 0.2) is 30.5 Å². The van der Waals surface area contributed by atoms with Crippen molar-refractivity contribution < 1.29 is 8.78 Å². The number of halogens is 2. The first-order chi connectivity index (χ1) is 10.5. The van der Waals surface area contributed by atoms with Gasteiger partial charge in [0.1, 0.15) is 0 Å². The number of hydrogen-bond donors (Lipinski definition) is 0. The van der Waals surface area contributed by atoms with Crippen molar-refractivity contribution in [3.8, 4) is 0 Å². The number of rotatable bonds is 3. The molecular formula is C18H22F2N2. The summed E-state index contributed by atoms with van der Waals surface area (Å²) in [6, 6.07) is 8.27. The Morgan fingerprint density at radius 2 is 1.77 bits per heavy atom. The molecule has 1 aliphatic rings. The van der Waals surface area contributed by atoms with Crippen LogP contribution in [0.25, 0.3) is 10.8 Å². The van der Waals surface area contributed by atoms with Crippen LogP contribution in [0.3, 0.4) is 0 Å². The van der Waals surface area contributed by atoms with E-state index in [1.54, 1.807) is 0 Å². The molecule has 0 bridgehead atoms. The fourth-order valence-corrected chi connectivity index (χ4v) is 3.14. The Kier molecular flexibility index (Phi) is 4.13. The molecule has 0 amide bonds. The van der Waals surface area contributed by atoms with Crippen LogP contribution in [0.4, 0.5) is 8.78 Å². The highest BCUT2D eigenvalue weighted by Crippen LogP contribution is 2.30. The van der Waals surface area contributed by atoms with Crippen molar-refractivity contribution in [1.82, 2.24) is 9.88 Å². The second kappa shape index (κ2) is 5.92. The Balaban J connectivity index is 1.87. The molecule has 0 radical (unpaired) electrons. The summed E-state index contributed by atoms with van der Waals surface area (Å²) in [5, 5.41) is 2.37. The lowest BCUT2D eigenvalue weighted by molar-refractivity contribution is -0.0566. The van der Waals surface area contributed by atoms with Gasteiger partial charge in [-0.1, -0.05) is 38.1 Å². The molecule has 1 aromatic carbocycles. The van der Waals surface area contributed by atoms with Crippen molar-refractivity contribution in [2.24, 2.45) is 0 Å². The maximum atomic E-state index is 13.3. The largest absolute Gasteiger partial charge is 0.299 e. The number of hydrogen-bond acceptors (Lipinski definition) is 2. The summed E-state index contributed by atoms with van der Waals surface area (Å²) in [7, 11) is 0. The molecule has 1 aliphatic heterocycles. The van der Waals surface area contributed by atoms with Gasteiger partial charge in [-0.2, -0.15) is 0 Å². The van der Waals surface area contributed by atoms with Crippen molar-refractivity contribution in [1.29, 1.82) is 0 Å². The Hall–Kier alpha value is -1.55. The smallest absolute Gasteiger partial charge is 0.250 e. The van der Waals surface area contributed by atoms with Gasteiger partial charge in [-0.05, 0) is 16.9 Å². The highest BCUT2D eigenvalue weighted by molar-refractivity contribution is 5.87. The monoisotopic (exact) mass is 304 g/mol. The van der Waals surface area contributed by atoms with Gasteiger partial charge in [0.05, 0.1) is 5.69 Å². The number of aromatic nitrogens is 1. The van der Waals surface area contributed by atoms with E-state index >= 15 is 0 Å². The van der Waals surface area contributed by atoms with E-state index < -0.39 is 5.92 Å². The third kappa shape index (κ3) is 3.12. The van der Waals surface area contributed by atoms with Gasteiger partial charge in [0.25, 0.3) is 5.92 Å². The van der Waals surface area contributed by atoms with Gasteiger partial charge in [-0.15, -0.1) is 0 Å². The van der Waals surface area contributed by atoms with Gasteiger partial charge >= 0.3 is 0 Å². The fraction of sp³-hybridized carbons (Fsp3) is 0.500. The van der Waals surface area contributed by atoms with Crippen LogP contribution in [-0.2, 0) is 6.54 Å². The first-order valence-corrected chi connectivity index (χ1v) is 7.93. The summed E-state index contributed by atoms with van der Waals surface area (Å²) in [6.07, 6.45) is 1.84. The molecule has 4 heteroatoms. The molecule has 0 N–H and O–H groups in total. The van der Waals surface area contributed by atoms with Crippen molar-refractivity contribution >= 4 is 10.8 Å². The first-order valence-electron chi connectivity index (χ1n) is 7.93. The summed E-state index contributed by atoms with van der Waals surface area (Å²) < 4.78 is 26.5. The Morgan fingerprint density at radius 3 is 2.41 bits per heavy atom. The molecule has 1 saturated heterocycles. The van der Waals surface area contributed by atoms with E-state index in [0.29, 0.717) is 25.6 Å². The van der Waals surface area contributed by atoms with Crippen LogP contribution in [-0.4, -0.2) is 28.9 Å². The number of nitrogens with zero attached hydrogens (tertiary/aromatic N) is 2. The van der Waals surface area contributed by atoms with Gasteiger partial charge in [0.2, 0.25) is 0 Å². The molecule has 0 spiro atoms. The van der Waals surface area contributed by atoms with E-state index in [0.717, 1.165) is 11.3 Å². The summed E-state index contributed by atoms with van der Waals surface area (Å²) in [5.41, 5.74) is 2.23. The van der Waals surface area contributed by atoms with Crippen LogP contribution < -0.4 is 0 Å². The van der Waals surface area contributed by atoms with E-state index in [1.165, 1.54) is 10.8 Å². The SMILES string of the molecule is CC(C)c1ncc(CN2CCC(F)(F)CC2)c2ccccc12. The lowest BCUT2D eigenvalue weighted by atomic mass is 9.98. The third-order valence-electron chi connectivity index (χ3n) is 4.44. The van der Waals surface area contributed by atoms with E-state index in [2.05, 4.69) is 35.9 Å². The van der Waals surface area contributed by atoms with Gasteiger partial charge in [0, 0.05) is 44.1 Å². The van der Waals surface area contributed by atoms with Crippen molar-refractivity contribution in [3.05, 3.63) is 41.7 Å². The predicted octanol–water partition coefficient (Wildman–Crippen LogP) is 4.59. The molecule has 0 aliphatic carbocycles. The Bertz CT molecular complexity index is 657. The molecular weight excluding hydrogens is 282 g/mol. The number of likely N-dealkylation sites (tertiary alicyclic amines) is 1. The number of piperidine rings is 1. The second-order valence-electron chi connectivity index (χ2n) is 6.50. The topological polar surface area (TPSA) is 16.1 Å². The minimum absolute atomic E-state index is 0.0392. The number of alkyl halides is 2. The summed E-state index contributed by atoms with van der Waals surface area (Å²) >= 11 is 0. The molecule has 0 unspecified atom stereocenters. The molecule has 2 heterocycles. The average molecular weight is 304 g/mol. The molecule has 1 aromatic heterocycles. The fourth-order valence-electron chi connectivity index (χ4n) is 3.14. The van der Waals surface area contributed by atoms with E-state index in [-0.39, 0.29) is 12.8 Å². The number of pyridine rings is 1. The normalized spacial score (nSPS) is 19.0. The lowest BCUT2D eigenvalue weighted by Gasteiger charge is -2.31. The van der Waals surface area contributed by atoms with Gasteiger partial charge in [-0.25, -0.2) is 8.78 Å². The van der Waals surface area contributed by atoms with Crippen molar-refractivity contribution in [2.45, 2.75) is 45.1 Å². The molecule has 22 heavy (non-hydrogen) atoms. The highest BCUT2D eigenvalue weighted by atomic mass is 19.3. The van der Waals surface area contributed by atoms with Gasteiger partial charge in [0.15, 0.2) is 0 Å². The Morgan fingerprint density at radius 1 is 1.14 bits per heavy atom. The first kappa shape index (κ1) is 15.3. The summed E-state index contributed by atoms with van der Waals surface area (Å²) in [6.45, 7) is 5.88. The average Bonchev–Trinajstić information content (AvgIpc) is 2.49. The van der Waals surface area contributed by atoms with Crippen LogP contribution >= 0.6 is 0 Å². The molecule has 1 fully saturated rings. The van der Waals surface area contributed by atoms with E-state index in [1.807, 2.05) is 18.3 Å². The number of benzene rings is 1. The second-order valence-corrected chi connectivity index (χ2v) is 6.50. The minimum Gasteiger partial charge on any atom is -0.299 e. The molecule has 2 aromatic rings. The predicted molar refractivity (Wildman–Crippen MR) is 85.3 cm³/mol. The summed E-state index contributed by atoms with van der Waals surface area (Å²) in [5.74, 6) is -2.12. The van der Waals surface area contributed by atoms with Crippen LogP contribution in [0.5, 0.6) is 0 Å². The van der Waals surface area contributed by atoms with Crippen molar-refractivity contribution in [3.63, 3.8) is 0 Å². The molecule has 3 rings (SSSR count). The zero-order valence-corrected chi connectivity index (χ0v) is 13.1. The lowest BCUT2D eigenvalue weighted by Crippen LogP contribution is -2.38. The van der Waals surface area contributed by atoms with Gasteiger partial charge in [-0.3, -0.25) is 9.88 Å². The minimum atomic E-state index is -2.49. The maximum absolute atomic E-state index is 13.3. The van der Waals surface area contributed by atoms with E-state index in [4.69, 9.17) is 0 Å². The molecule has 0 atom stereocenters. The molecule has 118 valence electrons. The molecule has 2 nitrogen and oxygen atoms in total.